The van der Waals surface area contributed by atoms with Gasteiger partial charge in [-0.1, -0.05) is 0 Å². The minimum absolute atomic E-state index is 0.177. The lowest BCUT2D eigenvalue weighted by atomic mass is 9.97. The maximum atomic E-state index is 12.5. The first kappa shape index (κ1) is 13.6. The molecule has 3 rings (SSSR count). The van der Waals surface area contributed by atoms with Gasteiger partial charge in [0.05, 0.1) is 22.1 Å². The molecule has 1 heterocycles. The molecule has 1 saturated heterocycles. The SMILES string of the molecule is N#Cc1ccc(S(=O)(=O)N2CCC(O)(C3CC3)C2)cc1. The van der Waals surface area contributed by atoms with Crippen LogP contribution in [0.15, 0.2) is 29.2 Å². The highest BCUT2D eigenvalue weighted by Gasteiger charge is 2.50. The predicted octanol–water partition coefficient (Wildman–Crippen LogP) is 1.09. The molecule has 0 bridgehead atoms. The zero-order chi connectivity index (χ0) is 14.4. The van der Waals surface area contributed by atoms with E-state index >= 15 is 0 Å². The van der Waals surface area contributed by atoms with Gasteiger partial charge < -0.3 is 5.11 Å². The van der Waals surface area contributed by atoms with Gasteiger partial charge in [0.25, 0.3) is 0 Å². The van der Waals surface area contributed by atoms with Gasteiger partial charge in [0.1, 0.15) is 0 Å². The van der Waals surface area contributed by atoms with E-state index in [0.29, 0.717) is 18.5 Å². The minimum atomic E-state index is -3.58. The van der Waals surface area contributed by atoms with E-state index in [0.717, 1.165) is 12.8 Å². The Bertz CT molecular complexity index is 659. The molecule has 6 heteroatoms. The van der Waals surface area contributed by atoms with Crippen LogP contribution < -0.4 is 0 Å². The summed E-state index contributed by atoms with van der Waals surface area (Å²) in [4.78, 5) is 0.177. The lowest BCUT2D eigenvalue weighted by Crippen LogP contribution is -2.37. The first-order valence-electron chi connectivity index (χ1n) is 6.68. The first-order valence-corrected chi connectivity index (χ1v) is 8.12. The van der Waals surface area contributed by atoms with Crippen molar-refractivity contribution in [2.75, 3.05) is 13.1 Å². The minimum Gasteiger partial charge on any atom is -0.388 e. The number of hydrogen-bond acceptors (Lipinski definition) is 4. The second kappa shape index (κ2) is 4.55. The van der Waals surface area contributed by atoms with E-state index in [2.05, 4.69) is 0 Å². The Morgan fingerprint density at radius 1 is 1.30 bits per heavy atom. The summed E-state index contributed by atoms with van der Waals surface area (Å²) in [6.45, 7) is 0.537. The summed E-state index contributed by atoms with van der Waals surface area (Å²) in [6.07, 6.45) is 2.48. The number of aliphatic hydroxyl groups is 1. The van der Waals surface area contributed by atoms with E-state index in [1.54, 1.807) is 0 Å². The molecule has 2 aliphatic rings. The summed E-state index contributed by atoms with van der Waals surface area (Å²) in [7, 11) is -3.58. The van der Waals surface area contributed by atoms with E-state index in [1.165, 1.54) is 28.6 Å². The Balaban J connectivity index is 1.83. The highest BCUT2D eigenvalue weighted by atomic mass is 32.2. The summed E-state index contributed by atoms with van der Waals surface area (Å²) >= 11 is 0. The zero-order valence-electron chi connectivity index (χ0n) is 11.0. The molecular weight excluding hydrogens is 276 g/mol. The Kier molecular flexibility index (Phi) is 3.09. The van der Waals surface area contributed by atoms with Gasteiger partial charge in [0, 0.05) is 13.1 Å². The smallest absolute Gasteiger partial charge is 0.243 e. The molecule has 1 aromatic carbocycles. The molecule has 2 fully saturated rings. The van der Waals surface area contributed by atoms with Crippen LogP contribution in [0.5, 0.6) is 0 Å². The van der Waals surface area contributed by atoms with Crippen LogP contribution in [0.3, 0.4) is 0 Å². The topological polar surface area (TPSA) is 81.4 Å². The molecule has 1 unspecified atom stereocenters. The van der Waals surface area contributed by atoms with Gasteiger partial charge >= 0.3 is 0 Å². The molecule has 20 heavy (non-hydrogen) atoms. The maximum Gasteiger partial charge on any atom is 0.243 e. The van der Waals surface area contributed by atoms with E-state index in [1.807, 2.05) is 6.07 Å². The number of rotatable bonds is 3. The highest BCUT2D eigenvalue weighted by molar-refractivity contribution is 7.89. The van der Waals surface area contributed by atoms with E-state index in [9.17, 15) is 13.5 Å². The Hall–Kier alpha value is -1.42. The molecular formula is C14H16N2O3S. The Morgan fingerprint density at radius 3 is 2.50 bits per heavy atom. The molecule has 1 aromatic rings. The maximum absolute atomic E-state index is 12.5. The van der Waals surface area contributed by atoms with Crippen LogP contribution in [-0.2, 0) is 10.0 Å². The van der Waals surface area contributed by atoms with Crippen molar-refractivity contribution in [3.63, 3.8) is 0 Å². The van der Waals surface area contributed by atoms with Crippen LogP contribution in [0.2, 0.25) is 0 Å². The van der Waals surface area contributed by atoms with Crippen molar-refractivity contribution in [1.29, 1.82) is 5.26 Å². The lowest BCUT2D eigenvalue weighted by Gasteiger charge is -2.22. The third-order valence-corrected chi connectivity index (χ3v) is 6.06. The number of nitrogens with zero attached hydrogens (tertiary/aromatic N) is 2. The molecule has 0 aromatic heterocycles. The van der Waals surface area contributed by atoms with Crippen molar-refractivity contribution < 1.29 is 13.5 Å². The largest absolute Gasteiger partial charge is 0.388 e. The quantitative estimate of drug-likeness (QED) is 0.904. The van der Waals surface area contributed by atoms with Crippen molar-refractivity contribution >= 4 is 10.0 Å². The zero-order valence-corrected chi connectivity index (χ0v) is 11.8. The van der Waals surface area contributed by atoms with Crippen molar-refractivity contribution in [3.8, 4) is 6.07 Å². The number of nitriles is 1. The summed E-state index contributed by atoms with van der Waals surface area (Å²) in [5.41, 5.74) is -0.417. The Morgan fingerprint density at radius 2 is 1.95 bits per heavy atom. The van der Waals surface area contributed by atoms with Crippen LogP contribution in [0.25, 0.3) is 0 Å². The fourth-order valence-electron chi connectivity index (χ4n) is 2.79. The van der Waals surface area contributed by atoms with Crippen molar-refractivity contribution in [1.82, 2.24) is 4.31 Å². The number of hydrogen-bond donors (Lipinski definition) is 1. The van der Waals surface area contributed by atoms with Gasteiger partial charge in [0.15, 0.2) is 0 Å². The molecule has 1 aliphatic carbocycles. The Labute approximate surface area is 118 Å². The standard InChI is InChI=1S/C14H16N2O3S/c15-9-11-1-5-13(6-2-11)20(18,19)16-8-7-14(17,10-16)12-3-4-12/h1-2,5-6,12,17H,3-4,7-8,10H2. The summed E-state index contributed by atoms with van der Waals surface area (Å²) in [5.74, 6) is 0.253. The molecule has 1 N–H and O–H groups in total. The van der Waals surface area contributed by atoms with Crippen LogP contribution in [0.1, 0.15) is 24.8 Å². The number of benzene rings is 1. The summed E-state index contributed by atoms with van der Waals surface area (Å²) < 4.78 is 26.3. The normalized spacial score (nSPS) is 27.4. The van der Waals surface area contributed by atoms with Gasteiger partial charge in [-0.25, -0.2) is 8.42 Å². The third kappa shape index (κ3) is 2.22. The molecule has 1 atom stereocenters. The number of β-amino-alcohol motifs (C(OH)–C–C–N with tert-alkyl or cyclic N) is 1. The van der Waals surface area contributed by atoms with E-state index in [4.69, 9.17) is 5.26 Å². The van der Waals surface area contributed by atoms with Gasteiger partial charge in [-0.2, -0.15) is 9.57 Å². The van der Waals surface area contributed by atoms with Crippen LogP contribution in [-0.4, -0.2) is 36.5 Å². The van der Waals surface area contributed by atoms with Crippen molar-refractivity contribution in [2.45, 2.75) is 29.8 Å². The molecule has 5 nitrogen and oxygen atoms in total. The molecule has 0 radical (unpaired) electrons. The van der Waals surface area contributed by atoms with E-state index in [-0.39, 0.29) is 17.4 Å². The molecule has 1 aliphatic heterocycles. The van der Waals surface area contributed by atoms with Gasteiger partial charge in [-0.3, -0.25) is 0 Å². The average Bonchev–Trinajstić information content (AvgIpc) is 3.23. The predicted molar refractivity (Wildman–Crippen MR) is 72.2 cm³/mol. The highest BCUT2D eigenvalue weighted by Crippen LogP contribution is 2.45. The van der Waals surface area contributed by atoms with Gasteiger partial charge in [-0.05, 0) is 49.4 Å². The molecule has 1 saturated carbocycles. The van der Waals surface area contributed by atoms with Crippen molar-refractivity contribution in [2.24, 2.45) is 5.92 Å². The van der Waals surface area contributed by atoms with Crippen LogP contribution in [0.4, 0.5) is 0 Å². The molecule has 106 valence electrons. The first-order chi connectivity index (χ1) is 9.45. The van der Waals surface area contributed by atoms with Gasteiger partial charge in [0.2, 0.25) is 10.0 Å². The third-order valence-electron chi connectivity index (χ3n) is 4.20. The fraction of sp³-hybridized carbons (Fsp3) is 0.500. The second-order valence-corrected chi connectivity index (χ2v) is 7.54. The number of sulfonamides is 1. The fourth-order valence-corrected chi connectivity index (χ4v) is 4.29. The van der Waals surface area contributed by atoms with Crippen LogP contribution >= 0.6 is 0 Å². The second-order valence-electron chi connectivity index (χ2n) is 5.60. The molecule has 0 spiro atoms. The lowest BCUT2D eigenvalue weighted by molar-refractivity contribution is 0.0331. The molecule has 0 amide bonds. The average molecular weight is 292 g/mol. The van der Waals surface area contributed by atoms with Gasteiger partial charge in [-0.15, -0.1) is 0 Å². The summed E-state index contributed by atoms with van der Waals surface area (Å²) in [5, 5.41) is 19.2. The van der Waals surface area contributed by atoms with Crippen LogP contribution in [0, 0.1) is 17.2 Å². The summed E-state index contributed by atoms with van der Waals surface area (Å²) in [6, 6.07) is 7.85. The van der Waals surface area contributed by atoms with E-state index < -0.39 is 15.6 Å². The monoisotopic (exact) mass is 292 g/mol. The van der Waals surface area contributed by atoms with Crippen molar-refractivity contribution in [3.05, 3.63) is 29.8 Å².